The molecule has 5 nitrogen and oxygen atoms in total. The molecule has 102 valence electrons. The monoisotopic (exact) mass is 266 g/mol. The number of aliphatic carboxylic acids is 1. The van der Waals surface area contributed by atoms with E-state index in [0.29, 0.717) is 12.2 Å². The molecule has 0 atom stereocenters. The van der Waals surface area contributed by atoms with Gasteiger partial charge in [-0.2, -0.15) is 0 Å². The molecule has 0 aromatic heterocycles. The quantitative estimate of drug-likeness (QED) is 0.822. The number of nitrogens with zero attached hydrogens (tertiary/aromatic N) is 1. The Morgan fingerprint density at radius 1 is 1.47 bits per heavy atom. The Kier molecular flexibility index (Phi) is 5.05. The Balaban J connectivity index is 2.82. The minimum atomic E-state index is -1.15. The van der Waals surface area contributed by atoms with Crippen molar-refractivity contribution in [3.05, 3.63) is 35.7 Å². The van der Waals surface area contributed by atoms with Crippen LogP contribution in [0, 0.1) is 5.82 Å². The fourth-order valence-electron chi connectivity index (χ4n) is 1.26. The number of rotatable bonds is 4. The van der Waals surface area contributed by atoms with Crippen LogP contribution in [-0.2, 0) is 4.79 Å². The Bertz CT molecular complexity index is 515. The third-order valence-electron chi connectivity index (χ3n) is 2.48. The first-order chi connectivity index (χ1) is 8.93. The number of carbonyl (C=O) groups is 2. The maximum Gasteiger partial charge on any atom is 0.328 e. The molecule has 0 unspecified atom stereocenters. The molecule has 2 amide bonds. The second kappa shape index (κ2) is 6.53. The lowest BCUT2D eigenvalue weighted by atomic mass is 10.2. The van der Waals surface area contributed by atoms with Crippen LogP contribution in [0.4, 0.5) is 14.9 Å². The molecule has 19 heavy (non-hydrogen) atoms. The van der Waals surface area contributed by atoms with Gasteiger partial charge in [0.15, 0.2) is 0 Å². The van der Waals surface area contributed by atoms with Crippen LogP contribution in [0.2, 0.25) is 0 Å². The lowest BCUT2D eigenvalue weighted by Crippen LogP contribution is -2.30. The highest BCUT2D eigenvalue weighted by atomic mass is 19.1. The van der Waals surface area contributed by atoms with Crippen molar-refractivity contribution in [3.8, 4) is 0 Å². The van der Waals surface area contributed by atoms with Gasteiger partial charge in [0.1, 0.15) is 5.82 Å². The van der Waals surface area contributed by atoms with Crippen molar-refractivity contribution in [2.45, 2.75) is 6.92 Å². The predicted molar refractivity (Wildman–Crippen MR) is 70.4 cm³/mol. The van der Waals surface area contributed by atoms with Crippen LogP contribution in [-0.4, -0.2) is 35.6 Å². The Labute approximate surface area is 110 Å². The molecule has 6 heteroatoms. The largest absolute Gasteiger partial charge is 0.478 e. The van der Waals surface area contributed by atoms with Crippen LogP contribution in [0.3, 0.4) is 0 Å². The highest BCUT2D eigenvalue weighted by Gasteiger charge is 2.08. The molecule has 1 rings (SSSR count). The van der Waals surface area contributed by atoms with Crippen molar-refractivity contribution < 1.29 is 19.1 Å². The predicted octanol–water partition coefficient (Wildman–Crippen LogP) is 2.41. The summed E-state index contributed by atoms with van der Waals surface area (Å²) in [4.78, 5) is 23.3. The summed E-state index contributed by atoms with van der Waals surface area (Å²) in [6.45, 7) is 2.35. The van der Waals surface area contributed by atoms with Crippen LogP contribution >= 0.6 is 0 Å². The van der Waals surface area contributed by atoms with Gasteiger partial charge in [-0.05, 0) is 31.2 Å². The number of carboxylic acid groups (broad SMARTS) is 1. The van der Waals surface area contributed by atoms with Crippen LogP contribution in [0.25, 0.3) is 6.08 Å². The summed E-state index contributed by atoms with van der Waals surface area (Å²) >= 11 is 0. The average Bonchev–Trinajstić information content (AvgIpc) is 2.36. The van der Waals surface area contributed by atoms with Gasteiger partial charge >= 0.3 is 12.0 Å². The minimum absolute atomic E-state index is 0.143. The van der Waals surface area contributed by atoms with Crippen LogP contribution in [0.15, 0.2) is 24.3 Å². The van der Waals surface area contributed by atoms with E-state index in [4.69, 9.17) is 5.11 Å². The molecule has 0 heterocycles. The smallest absolute Gasteiger partial charge is 0.328 e. The molecule has 1 aromatic rings. The number of urea groups is 1. The van der Waals surface area contributed by atoms with Crippen molar-refractivity contribution in [2.75, 3.05) is 18.9 Å². The molecule has 2 N–H and O–H groups in total. The third kappa shape index (κ3) is 4.42. The van der Waals surface area contributed by atoms with E-state index in [1.807, 2.05) is 6.92 Å². The first-order valence-electron chi connectivity index (χ1n) is 5.66. The van der Waals surface area contributed by atoms with E-state index in [1.54, 1.807) is 7.05 Å². The number of nitrogens with one attached hydrogen (secondary N) is 1. The van der Waals surface area contributed by atoms with E-state index in [-0.39, 0.29) is 11.6 Å². The summed E-state index contributed by atoms with van der Waals surface area (Å²) < 4.78 is 13.6. The van der Waals surface area contributed by atoms with Gasteiger partial charge in [-0.3, -0.25) is 0 Å². The van der Waals surface area contributed by atoms with Crippen molar-refractivity contribution in [1.82, 2.24) is 4.90 Å². The van der Waals surface area contributed by atoms with Crippen molar-refractivity contribution >= 4 is 23.8 Å². The molecule has 0 radical (unpaired) electrons. The molecule has 1 aromatic carbocycles. The fourth-order valence-corrected chi connectivity index (χ4v) is 1.26. The van der Waals surface area contributed by atoms with Crippen molar-refractivity contribution in [1.29, 1.82) is 0 Å². The fraction of sp³-hybridized carbons (Fsp3) is 0.231. The zero-order valence-electron chi connectivity index (χ0n) is 10.7. The number of hydrogen-bond donors (Lipinski definition) is 2. The summed E-state index contributed by atoms with van der Waals surface area (Å²) in [5, 5.41) is 11.0. The van der Waals surface area contributed by atoms with Crippen molar-refractivity contribution in [2.24, 2.45) is 0 Å². The molecular formula is C13H15FN2O3. The number of benzene rings is 1. The number of carboxylic acids is 1. The highest BCUT2D eigenvalue weighted by Crippen LogP contribution is 2.16. The maximum atomic E-state index is 13.6. The Hall–Kier alpha value is -2.37. The molecule has 0 fully saturated rings. The SMILES string of the molecule is CCN(C)C(=O)Nc1ccc(C=CC(=O)O)c(F)c1. The number of amides is 2. The van der Waals surface area contributed by atoms with Gasteiger partial charge in [0.25, 0.3) is 0 Å². The van der Waals surface area contributed by atoms with E-state index in [1.165, 1.54) is 17.0 Å². The first-order valence-corrected chi connectivity index (χ1v) is 5.66. The zero-order valence-corrected chi connectivity index (χ0v) is 10.7. The highest BCUT2D eigenvalue weighted by molar-refractivity contribution is 5.89. The Morgan fingerprint density at radius 2 is 2.16 bits per heavy atom. The van der Waals surface area contributed by atoms with E-state index in [2.05, 4.69) is 5.32 Å². The maximum absolute atomic E-state index is 13.6. The molecule has 0 saturated carbocycles. The minimum Gasteiger partial charge on any atom is -0.478 e. The van der Waals surface area contributed by atoms with E-state index in [9.17, 15) is 14.0 Å². The second-order valence-electron chi connectivity index (χ2n) is 3.85. The number of hydrogen-bond acceptors (Lipinski definition) is 2. The number of anilines is 1. The van der Waals surface area contributed by atoms with Crippen LogP contribution < -0.4 is 5.32 Å². The van der Waals surface area contributed by atoms with E-state index >= 15 is 0 Å². The summed E-state index contributed by atoms with van der Waals surface area (Å²) in [6, 6.07) is 3.71. The van der Waals surface area contributed by atoms with Crippen LogP contribution in [0.1, 0.15) is 12.5 Å². The van der Waals surface area contributed by atoms with E-state index in [0.717, 1.165) is 18.2 Å². The van der Waals surface area contributed by atoms with Gasteiger partial charge in [-0.25, -0.2) is 14.0 Å². The summed E-state index contributed by atoms with van der Waals surface area (Å²) in [5.74, 6) is -1.75. The average molecular weight is 266 g/mol. The molecule has 0 aliphatic heterocycles. The van der Waals surface area contributed by atoms with Gasteiger partial charge in [0.2, 0.25) is 0 Å². The lowest BCUT2D eigenvalue weighted by molar-refractivity contribution is -0.131. The standard InChI is InChI=1S/C13H15FN2O3/c1-3-16(2)13(19)15-10-6-4-9(11(14)8-10)5-7-12(17)18/h4-8H,3H2,1-2H3,(H,15,19)(H,17,18). The summed E-state index contributed by atoms with van der Waals surface area (Å²) in [6.07, 6.45) is 2.00. The first kappa shape index (κ1) is 14.7. The van der Waals surface area contributed by atoms with Gasteiger partial charge in [-0.1, -0.05) is 0 Å². The molecular weight excluding hydrogens is 251 g/mol. The number of carbonyl (C=O) groups excluding carboxylic acids is 1. The van der Waals surface area contributed by atoms with Crippen LogP contribution in [0.5, 0.6) is 0 Å². The zero-order chi connectivity index (χ0) is 14.4. The summed E-state index contributed by atoms with van der Waals surface area (Å²) in [5.41, 5.74) is 0.458. The third-order valence-corrected chi connectivity index (χ3v) is 2.48. The van der Waals surface area contributed by atoms with Crippen molar-refractivity contribution in [3.63, 3.8) is 0 Å². The van der Waals surface area contributed by atoms with E-state index < -0.39 is 11.8 Å². The Morgan fingerprint density at radius 3 is 2.68 bits per heavy atom. The van der Waals surface area contributed by atoms with Gasteiger partial charge in [0, 0.05) is 30.9 Å². The molecule has 0 aliphatic carbocycles. The molecule has 0 aliphatic rings. The van der Waals surface area contributed by atoms with Gasteiger partial charge < -0.3 is 15.3 Å². The molecule has 0 bridgehead atoms. The molecule has 0 saturated heterocycles. The lowest BCUT2D eigenvalue weighted by Gasteiger charge is -2.15. The summed E-state index contributed by atoms with van der Waals surface area (Å²) in [7, 11) is 1.62. The second-order valence-corrected chi connectivity index (χ2v) is 3.85. The van der Waals surface area contributed by atoms with Gasteiger partial charge in [-0.15, -0.1) is 0 Å². The normalized spacial score (nSPS) is 10.5. The molecule has 0 spiro atoms. The topological polar surface area (TPSA) is 69.6 Å². The van der Waals surface area contributed by atoms with Gasteiger partial charge in [0.05, 0.1) is 0 Å². The number of halogens is 1.